The second-order valence-electron chi connectivity index (χ2n) is 4.44. The third-order valence-corrected chi connectivity index (χ3v) is 3.33. The molecule has 1 aromatic heterocycles. The molecule has 1 unspecified atom stereocenters. The van der Waals surface area contributed by atoms with Crippen molar-refractivity contribution in [1.29, 1.82) is 0 Å². The first-order valence-electron chi connectivity index (χ1n) is 5.99. The minimum Gasteiger partial charge on any atom is -0.319 e. The molecule has 1 heterocycles. The summed E-state index contributed by atoms with van der Waals surface area (Å²) >= 11 is 6.04. The number of nitro groups is 1. The molecular weight excluding hydrogens is 282 g/mol. The maximum atomic E-state index is 10.6. The lowest BCUT2D eigenvalue weighted by molar-refractivity contribution is -0.384. The lowest BCUT2D eigenvalue weighted by Gasteiger charge is -2.13. The summed E-state index contributed by atoms with van der Waals surface area (Å²) in [6.07, 6.45) is 1.63. The highest BCUT2D eigenvalue weighted by Gasteiger charge is 2.13. The number of nitrogens with one attached hydrogen (secondary N) is 1. The average Bonchev–Trinajstić information content (AvgIpc) is 2.83. The van der Waals surface area contributed by atoms with Crippen LogP contribution in [-0.4, -0.2) is 19.7 Å². The highest BCUT2D eigenvalue weighted by atomic mass is 35.5. The van der Waals surface area contributed by atoms with Crippen LogP contribution >= 0.6 is 11.6 Å². The molecule has 0 aliphatic rings. The van der Waals surface area contributed by atoms with E-state index in [1.165, 1.54) is 12.1 Å². The molecule has 0 aliphatic carbocycles. The lowest BCUT2D eigenvalue weighted by Crippen LogP contribution is -2.21. The van der Waals surface area contributed by atoms with Crippen LogP contribution in [0.25, 0.3) is 0 Å². The van der Waals surface area contributed by atoms with Crippen molar-refractivity contribution in [3.05, 3.63) is 51.1 Å². The molecule has 0 fully saturated rings. The van der Waals surface area contributed by atoms with Crippen molar-refractivity contribution in [2.45, 2.75) is 19.5 Å². The van der Waals surface area contributed by atoms with E-state index in [1.54, 1.807) is 12.4 Å². The normalized spacial score (nSPS) is 12.3. The summed E-state index contributed by atoms with van der Waals surface area (Å²) in [5, 5.41) is 22.1. The average molecular weight is 296 g/mol. The van der Waals surface area contributed by atoms with E-state index < -0.39 is 4.92 Å². The number of rotatable bonds is 5. The van der Waals surface area contributed by atoms with E-state index in [0.29, 0.717) is 11.6 Å². The summed E-state index contributed by atoms with van der Waals surface area (Å²) in [5.74, 6) is 0.808. The van der Waals surface area contributed by atoms with E-state index in [1.807, 2.05) is 18.5 Å². The van der Waals surface area contributed by atoms with Gasteiger partial charge in [-0.05, 0) is 18.6 Å². The molecular formula is C12H14ClN5O2. The van der Waals surface area contributed by atoms with E-state index in [-0.39, 0.29) is 11.7 Å². The molecule has 2 rings (SSSR count). The van der Waals surface area contributed by atoms with Crippen LogP contribution in [0.3, 0.4) is 0 Å². The smallest absolute Gasteiger partial charge is 0.270 e. The summed E-state index contributed by atoms with van der Waals surface area (Å²) in [4.78, 5) is 10.2. The molecule has 0 aliphatic heterocycles. The Bertz CT molecular complexity index is 628. The maximum Gasteiger partial charge on any atom is 0.270 e. The highest BCUT2D eigenvalue weighted by molar-refractivity contribution is 6.31. The number of nitrogens with zero attached hydrogens (tertiary/aromatic N) is 4. The molecule has 1 N–H and O–H groups in total. The molecule has 0 saturated heterocycles. The van der Waals surface area contributed by atoms with Crippen molar-refractivity contribution in [1.82, 2.24) is 20.1 Å². The molecule has 0 saturated carbocycles. The molecule has 7 nitrogen and oxygen atoms in total. The monoisotopic (exact) mass is 295 g/mol. The lowest BCUT2D eigenvalue weighted by atomic mass is 10.2. The number of aryl methyl sites for hydroxylation is 1. The molecule has 1 atom stereocenters. The molecule has 1 aromatic carbocycles. The van der Waals surface area contributed by atoms with Gasteiger partial charge in [0.05, 0.1) is 16.0 Å². The third-order valence-electron chi connectivity index (χ3n) is 2.98. The van der Waals surface area contributed by atoms with Gasteiger partial charge in [-0.2, -0.15) is 0 Å². The number of non-ortho nitro benzene ring substituents is 1. The molecule has 2 aromatic rings. The van der Waals surface area contributed by atoms with Crippen LogP contribution in [0.1, 0.15) is 24.4 Å². The fourth-order valence-electron chi connectivity index (χ4n) is 1.83. The Morgan fingerprint density at radius 2 is 2.30 bits per heavy atom. The van der Waals surface area contributed by atoms with Gasteiger partial charge in [-0.1, -0.05) is 11.6 Å². The summed E-state index contributed by atoms with van der Waals surface area (Å²) in [6.45, 7) is 2.45. The largest absolute Gasteiger partial charge is 0.319 e. The summed E-state index contributed by atoms with van der Waals surface area (Å²) in [6, 6.07) is 4.44. The van der Waals surface area contributed by atoms with Gasteiger partial charge in [0.25, 0.3) is 5.69 Å². The summed E-state index contributed by atoms with van der Waals surface area (Å²) < 4.78 is 1.83. The number of nitro benzene ring substituents is 1. The second kappa shape index (κ2) is 5.98. The predicted octanol–water partition coefficient (Wildman–Crippen LogP) is 2.23. The zero-order valence-electron chi connectivity index (χ0n) is 11.1. The molecule has 106 valence electrons. The van der Waals surface area contributed by atoms with E-state index >= 15 is 0 Å². The Morgan fingerprint density at radius 1 is 1.55 bits per heavy atom. The molecule has 20 heavy (non-hydrogen) atoms. The Kier molecular flexibility index (Phi) is 4.31. The van der Waals surface area contributed by atoms with Gasteiger partial charge in [0.15, 0.2) is 0 Å². The van der Waals surface area contributed by atoms with Crippen molar-refractivity contribution in [3.63, 3.8) is 0 Å². The number of hydrogen-bond acceptors (Lipinski definition) is 5. The zero-order valence-corrected chi connectivity index (χ0v) is 11.8. The SMILES string of the molecule is CC(NCc1ccc([N+](=O)[O-])cc1Cl)c1nncn1C. The van der Waals surface area contributed by atoms with Crippen LogP contribution in [0.2, 0.25) is 5.02 Å². The van der Waals surface area contributed by atoms with Gasteiger partial charge in [-0.15, -0.1) is 10.2 Å². The first kappa shape index (κ1) is 14.4. The van der Waals surface area contributed by atoms with E-state index in [0.717, 1.165) is 11.4 Å². The summed E-state index contributed by atoms with van der Waals surface area (Å²) in [7, 11) is 1.87. The summed E-state index contributed by atoms with van der Waals surface area (Å²) in [5.41, 5.74) is 0.784. The van der Waals surface area contributed by atoms with Crippen molar-refractivity contribution in [2.75, 3.05) is 0 Å². The maximum absolute atomic E-state index is 10.6. The molecule has 0 amide bonds. The second-order valence-corrected chi connectivity index (χ2v) is 4.84. The number of benzene rings is 1. The Labute approximate surface area is 120 Å². The first-order valence-corrected chi connectivity index (χ1v) is 6.37. The van der Waals surface area contributed by atoms with Gasteiger partial charge >= 0.3 is 0 Å². The van der Waals surface area contributed by atoms with Gasteiger partial charge in [0.2, 0.25) is 0 Å². The topological polar surface area (TPSA) is 85.9 Å². The van der Waals surface area contributed by atoms with Crippen LogP contribution in [0.4, 0.5) is 5.69 Å². The zero-order chi connectivity index (χ0) is 14.7. The number of halogens is 1. The van der Waals surface area contributed by atoms with Crippen LogP contribution in [0.5, 0.6) is 0 Å². The van der Waals surface area contributed by atoms with Gasteiger partial charge < -0.3 is 9.88 Å². The van der Waals surface area contributed by atoms with Gasteiger partial charge in [-0.3, -0.25) is 10.1 Å². The fraction of sp³-hybridized carbons (Fsp3) is 0.333. The van der Waals surface area contributed by atoms with Crippen LogP contribution < -0.4 is 5.32 Å². The Balaban J connectivity index is 2.04. The van der Waals surface area contributed by atoms with E-state index in [4.69, 9.17) is 11.6 Å². The van der Waals surface area contributed by atoms with Crippen molar-refractivity contribution >= 4 is 17.3 Å². The Morgan fingerprint density at radius 3 is 2.85 bits per heavy atom. The van der Waals surface area contributed by atoms with Crippen molar-refractivity contribution < 1.29 is 4.92 Å². The van der Waals surface area contributed by atoms with Gasteiger partial charge in [-0.25, -0.2) is 0 Å². The molecule has 0 radical (unpaired) electrons. The minimum atomic E-state index is -0.467. The van der Waals surface area contributed by atoms with Crippen molar-refractivity contribution in [2.24, 2.45) is 7.05 Å². The fourth-order valence-corrected chi connectivity index (χ4v) is 2.07. The predicted molar refractivity (Wildman–Crippen MR) is 74.4 cm³/mol. The minimum absolute atomic E-state index is 0.00578. The highest BCUT2D eigenvalue weighted by Crippen LogP contribution is 2.23. The van der Waals surface area contributed by atoms with E-state index in [2.05, 4.69) is 15.5 Å². The number of aromatic nitrogens is 3. The third kappa shape index (κ3) is 3.12. The standard InChI is InChI=1S/C12H14ClN5O2/c1-8(12-16-15-7-17(12)2)14-6-9-3-4-10(18(19)20)5-11(9)13/h3-5,7-8,14H,6H2,1-2H3. The molecule has 8 heteroatoms. The van der Waals surface area contributed by atoms with Crippen LogP contribution in [0.15, 0.2) is 24.5 Å². The molecule has 0 bridgehead atoms. The van der Waals surface area contributed by atoms with E-state index in [9.17, 15) is 10.1 Å². The first-order chi connectivity index (χ1) is 9.49. The van der Waals surface area contributed by atoms with Crippen molar-refractivity contribution in [3.8, 4) is 0 Å². The van der Waals surface area contributed by atoms with Crippen LogP contribution in [-0.2, 0) is 13.6 Å². The number of hydrogen-bond donors (Lipinski definition) is 1. The van der Waals surface area contributed by atoms with Gasteiger partial charge in [0, 0.05) is 25.7 Å². The quantitative estimate of drug-likeness (QED) is 0.675. The van der Waals surface area contributed by atoms with Crippen LogP contribution in [0, 0.1) is 10.1 Å². The van der Waals surface area contributed by atoms with Gasteiger partial charge in [0.1, 0.15) is 12.2 Å². The Hall–Kier alpha value is -1.99. The molecule has 0 spiro atoms.